The average Bonchev–Trinajstić information content (AvgIpc) is 2.98. The minimum Gasteiger partial charge on any atom is -0.315 e. The van der Waals surface area contributed by atoms with Gasteiger partial charge < -0.3 is 5.32 Å². The summed E-state index contributed by atoms with van der Waals surface area (Å²) in [6.07, 6.45) is 5.46. The van der Waals surface area contributed by atoms with Crippen LogP contribution in [-0.2, 0) is 0 Å². The van der Waals surface area contributed by atoms with E-state index in [0.29, 0.717) is 0 Å². The van der Waals surface area contributed by atoms with Crippen LogP contribution in [-0.4, -0.2) is 37.1 Å². The molecule has 1 fully saturated rings. The quantitative estimate of drug-likeness (QED) is 0.665. The van der Waals surface area contributed by atoms with E-state index >= 15 is 0 Å². The van der Waals surface area contributed by atoms with Gasteiger partial charge in [-0.2, -0.15) is 0 Å². The zero-order valence-corrected chi connectivity index (χ0v) is 10.9. The highest BCUT2D eigenvalue weighted by Crippen LogP contribution is 2.27. The molecule has 0 amide bonds. The van der Waals surface area contributed by atoms with Crippen LogP contribution in [0.5, 0.6) is 0 Å². The predicted octanol–water partition coefficient (Wildman–Crippen LogP) is 2.49. The lowest BCUT2D eigenvalue weighted by Gasteiger charge is -2.28. The molecule has 0 saturated heterocycles. The van der Waals surface area contributed by atoms with E-state index in [1.807, 2.05) is 0 Å². The summed E-state index contributed by atoms with van der Waals surface area (Å²) < 4.78 is 0. The van der Waals surface area contributed by atoms with Gasteiger partial charge in [-0.3, -0.25) is 4.90 Å². The summed E-state index contributed by atoms with van der Waals surface area (Å²) >= 11 is 0. The molecule has 2 nitrogen and oxygen atoms in total. The fraction of sp³-hybridized carbons (Fsp3) is 1.00. The van der Waals surface area contributed by atoms with Crippen LogP contribution in [0.1, 0.15) is 46.5 Å². The Bertz CT molecular complexity index is 164. The van der Waals surface area contributed by atoms with E-state index in [4.69, 9.17) is 0 Å². The Labute approximate surface area is 95.4 Å². The first-order valence-electron chi connectivity index (χ1n) is 6.57. The monoisotopic (exact) mass is 212 g/mol. The molecule has 15 heavy (non-hydrogen) atoms. The maximum atomic E-state index is 3.59. The minimum atomic E-state index is 0.751. The average molecular weight is 212 g/mol. The Morgan fingerprint density at radius 3 is 2.40 bits per heavy atom. The van der Waals surface area contributed by atoms with Gasteiger partial charge in [0.05, 0.1) is 0 Å². The summed E-state index contributed by atoms with van der Waals surface area (Å²) in [5, 5.41) is 3.59. The molecule has 1 N–H and O–H groups in total. The van der Waals surface area contributed by atoms with Crippen LogP contribution in [0.15, 0.2) is 0 Å². The molecule has 1 aliphatic carbocycles. The molecule has 1 aliphatic rings. The van der Waals surface area contributed by atoms with Gasteiger partial charge in [-0.15, -0.1) is 0 Å². The highest BCUT2D eigenvalue weighted by Gasteiger charge is 2.30. The van der Waals surface area contributed by atoms with Gasteiger partial charge in [0.2, 0.25) is 0 Å². The van der Waals surface area contributed by atoms with Gasteiger partial charge in [0.15, 0.2) is 0 Å². The lowest BCUT2D eigenvalue weighted by Crippen LogP contribution is -2.42. The molecule has 0 aromatic carbocycles. The van der Waals surface area contributed by atoms with Gasteiger partial charge in [0.1, 0.15) is 0 Å². The van der Waals surface area contributed by atoms with Crippen molar-refractivity contribution < 1.29 is 0 Å². The van der Waals surface area contributed by atoms with Crippen LogP contribution >= 0.6 is 0 Å². The molecule has 1 atom stereocenters. The van der Waals surface area contributed by atoms with Gasteiger partial charge in [0, 0.05) is 18.6 Å². The molecule has 0 aromatic heterocycles. The molecular formula is C13H28N2. The molecule has 1 rings (SSSR count). The Balaban J connectivity index is 2.22. The van der Waals surface area contributed by atoms with Crippen molar-refractivity contribution in [3.8, 4) is 0 Å². The van der Waals surface area contributed by atoms with Crippen molar-refractivity contribution in [1.82, 2.24) is 10.2 Å². The third-order valence-corrected chi connectivity index (χ3v) is 3.25. The molecule has 90 valence electrons. The van der Waals surface area contributed by atoms with Crippen molar-refractivity contribution in [2.24, 2.45) is 5.92 Å². The van der Waals surface area contributed by atoms with Gasteiger partial charge in [-0.05, 0) is 38.8 Å². The fourth-order valence-corrected chi connectivity index (χ4v) is 2.10. The van der Waals surface area contributed by atoms with Crippen LogP contribution in [0, 0.1) is 5.92 Å². The second kappa shape index (κ2) is 6.49. The van der Waals surface area contributed by atoms with Gasteiger partial charge in [0.25, 0.3) is 0 Å². The number of hydrogen-bond acceptors (Lipinski definition) is 2. The highest BCUT2D eigenvalue weighted by molar-refractivity contribution is 4.87. The Kier molecular flexibility index (Phi) is 5.62. The van der Waals surface area contributed by atoms with Crippen molar-refractivity contribution in [2.75, 3.05) is 20.1 Å². The summed E-state index contributed by atoms with van der Waals surface area (Å²) in [6.45, 7) is 9.15. The number of hydrogen-bond donors (Lipinski definition) is 1. The topological polar surface area (TPSA) is 15.3 Å². The Morgan fingerprint density at radius 2 is 1.93 bits per heavy atom. The third kappa shape index (κ3) is 4.98. The minimum absolute atomic E-state index is 0.751. The SMILES string of the molecule is CCCC(CNCC(C)C)N(C)C1CC1. The molecule has 0 bridgehead atoms. The number of nitrogens with zero attached hydrogens (tertiary/aromatic N) is 1. The standard InChI is InChI=1S/C13H28N2/c1-5-6-13(10-14-9-11(2)3)15(4)12-7-8-12/h11-14H,5-10H2,1-4H3. The van der Waals surface area contributed by atoms with Crippen molar-refractivity contribution in [3.05, 3.63) is 0 Å². The normalized spacial score (nSPS) is 18.8. The molecule has 2 heteroatoms. The zero-order valence-electron chi connectivity index (χ0n) is 10.9. The van der Waals surface area contributed by atoms with Crippen molar-refractivity contribution in [2.45, 2.75) is 58.5 Å². The van der Waals surface area contributed by atoms with E-state index in [1.165, 1.54) is 32.2 Å². The lowest BCUT2D eigenvalue weighted by atomic mass is 10.1. The first-order valence-corrected chi connectivity index (χ1v) is 6.57. The number of rotatable bonds is 8. The van der Waals surface area contributed by atoms with E-state index in [1.54, 1.807) is 0 Å². The number of likely N-dealkylation sites (N-methyl/N-ethyl adjacent to an activating group) is 1. The predicted molar refractivity (Wildman–Crippen MR) is 67.2 cm³/mol. The largest absolute Gasteiger partial charge is 0.315 e. The van der Waals surface area contributed by atoms with Crippen LogP contribution in [0.3, 0.4) is 0 Å². The first kappa shape index (κ1) is 13.0. The Hall–Kier alpha value is -0.0800. The van der Waals surface area contributed by atoms with Crippen LogP contribution in [0.25, 0.3) is 0 Å². The van der Waals surface area contributed by atoms with E-state index < -0.39 is 0 Å². The Morgan fingerprint density at radius 1 is 1.27 bits per heavy atom. The van der Waals surface area contributed by atoms with Crippen LogP contribution in [0.2, 0.25) is 0 Å². The van der Waals surface area contributed by atoms with Crippen LogP contribution < -0.4 is 5.32 Å². The zero-order chi connectivity index (χ0) is 11.3. The molecule has 0 heterocycles. The van der Waals surface area contributed by atoms with Crippen molar-refractivity contribution >= 4 is 0 Å². The fourth-order valence-electron chi connectivity index (χ4n) is 2.10. The van der Waals surface area contributed by atoms with Crippen LogP contribution in [0.4, 0.5) is 0 Å². The van der Waals surface area contributed by atoms with E-state index in [9.17, 15) is 0 Å². The van der Waals surface area contributed by atoms with Gasteiger partial charge in [-0.1, -0.05) is 27.2 Å². The van der Waals surface area contributed by atoms with Gasteiger partial charge in [-0.25, -0.2) is 0 Å². The number of nitrogens with one attached hydrogen (secondary N) is 1. The first-order chi connectivity index (χ1) is 7.15. The highest BCUT2D eigenvalue weighted by atomic mass is 15.2. The second-order valence-corrected chi connectivity index (χ2v) is 5.39. The summed E-state index contributed by atoms with van der Waals surface area (Å²) in [7, 11) is 2.30. The summed E-state index contributed by atoms with van der Waals surface area (Å²) in [5.74, 6) is 0.763. The molecule has 0 aromatic rings. The maximum Gasteiger partial charge on any atom is 0.0220 e. The molecule has 0 spiro atoms. The van der Waals surface area contributed by atoms with E-state index in [0.717, 1.165) is 24.5 Å². The molecule has 1 saturated carbocycles. The third-order valence-electron chi connectivity index (χ3n) is 3.25. The smallest absolute Gasteiger partial charge is 0.0220 e. The summed E-state index contributed by atoms with van der Waals surface area (Å²) in [5.41, 5.74) is 0. The van der Waals surface area contributed by atoms with E-state index in [-0.39, 0.29) is 0 Å². The molecular weight excluding hydrogens is 184 g/mol. The van der Waals surface area contributed by atoms with Crippen molar-refractivity contribution in [3.63, 3.8) is 0 Å². The van der Waals surface area contributed by atoms with Gasteiger partial charge >= 0.3 is 0 Å². The summed E-state index contributed by atoms with van der Waals surface area (Å²) in [4.78, 5) is 2.59. The maximum absolute atomic E-state index is 3.59. The van der Waals surface area contributed by atoms with E-state index in [2.05, 4.69) is 38.0 Å². The summed E-state index contributed by atoms with van der Waals surface area (Å²) in [6, 6.07) is 1.64. The molecule has 1 unspecified atom stereocenters. The lowest BCUT2D eigenvalue weighted by molar-refractivity contribution is 0.212. The molecule has 0 aliphatic heterocycles. The second-order valence-electron chi connectivity index (χ2n) is 5.39. The molecule has 0 radical (unpaired) electrons. The van der Waals surface area contributed by atoms with Crippen molar-refractivity contribution in [1.29, 1.82) is 0 Å².